The Balaban J connectivity index is 1.47. The highest BCUT2D eigenvalue weighted by molar-refractivity contribution is 8.00. The topological polar surface area (TPSA) is 174 Å². The van der Waals surface area contributed by atoms with Crippen LogP contribution >= 0.6 is 11.8 Å². The highest BCUT2D eigenvalue weighted by atomic mass is 32.2. The number of thioether (sulfide) groups is 1. The average molecular weight is 596 g/mol. The van der Waals surface area contributed by atoms with Gasteiger partial charge in [-0.1, -0.05) is 36.4 Å². The number of nitrogens with two attached hydrogens (primary N) is 1. The summed E-state index contributed by atoms with van der Waals surface area (Å²) < 4.78 is 0. The van der Waals surface area contributed by atoms with Gasteiger partial charge in [0.1, 0.15) is 5.70 Å². The Bertz CT molecular complexity index is 1710. The van der Waals surface area contributed by atoms with Crippen LogP contribution in [0.3, 0.4) is 0 Å². The number of para-hydroxylation sites is 1. The molecule has 43 heavy (non-hydrogen) atoms. The van der Waals surface area contributed by atoms with E-state index in [2.05, 4.69) is 16.0 Å². The lowest BCUT2D eigenvalue weighted by Crippen LogP contribution is -2.30. The molecule has 0 aliphatic carbocycles. The molecule has 12 heteroatoms. The van der Waals surface area contributed by atoms with Crippen molar-refractivity contribution in [2.24, 2.45) is 5.73 Å². The van der Waals surface area contributed by atoms with Crippen LogP contribution in [-0.2, 0) is 9.59 Å². The van der Waals surface area contributed by atoms with Gasteiger partial charge >= 0.3 is 0 Å². The van der Waals surface area contributed by atoms with Crippen LogP contribution in [0.4, 0.5) is 17.1 Å². The van der Waals surface area contributed by atoms with Crippen LogP contribution in [0.25, 0.3) is 6.08 Å². The first kappa shape index (κ1) is 30.2. The summed E-state index contributed by atoms with van der Waals surface area (Å²) in [5, 5.41) is 19.0. The minimum atomic E-state index is -0.658. The second-order valence-corrected chi connectivity index (χ2v) is 10.0. The van der Waals surface area contributed by atoms with Gasteiger partial charge in [-0.3, -0.25) is 29.3 Å². The lowest BCUT2D eigenvalue weighted by molar-refractivity contribution is -0.384. The zero-order chi connectivity index (χ0) is 30.8. The molecule has 0 saturated carbocycles. The first-order chi connectivity index (χ1) is 20.7. The molecular formula is C31H25N5O6S. The van der Waals surface area contributed by atoms with Crippen molar-refractivity contribution < 1.29 is 24.1 Å². The normalized spacial score (nSPS) is 10.8. The third-order valence-electron chi connectivity index (χ3n) is 5.87. The fraction of sp³-hybridized carbons (Fsp3) is 0.0323. The van der Waals surface area contributed by atoms with Gasteiger partial charge in [-0.25, -0.2) is 0 Å². The van der Waals surface area contributed by atoms with Crippen molar-refractivity contribution in [2.45, 2.75) is 4.90 Å². The van der Waals surface area contributed by atoms with Gasteiger partial charge in [0.25, 0.3) is 23.4 Å². The fourth-order valence-electron chi connectivity index (χ4n) is 3.81. The second-order valence-electron chi connectivity index (χ2n) is 8.96. The molecule has 0 aromatic heterocycles. The van der Waals surface area contributed by atoms with E-state index in [1.807, 2.05) is 0 Å². The summed E-state index contributed by atoms with van der Waals surface area (Å²) in [6, 6.07) is 27.0. The molecule has 216 valence electrons. The third-order valence-corrected chi connectivity index (χ3v) is 6.87. The maximum absolute atomic E-state index is 13.3. The van der Waals surface area contributed by atoms with Crippen molar-refractivity contribution in [3.8, 4) is 0 Å². The van der Waals surface area contributed by atoms with Gasteiger partial charge in [0.05, 0.1) is 21.9 Å². The summed E-state index contributed by atoms with van der Waals surface area (Å²) in [5.74, 6) is -2.15. The molecule has 0 bridgehead atoms. The lowest BCUT2D eigenvalue weighted by Gasteiger charge is -2.12. The molecule has 0 heterocycles. The number of hydrogen-bond acceptors (Lipinski definition) is 7. The van der Waals surface area contributed by atoms with Crippen LogP contribution in [0.5, 0.6) is 0 Å². The van der Waals surface area contributed by atoms with Crippen molar-refractivity contribution in [1.82, 2.24) is 5.32 Å². The van der Waals surface area contributed by atoms with E-state index in [4.69, 9.17) is 5.73 Å². The Morgan fingerprint density at radius 3 is 2.23 bits per heavy atom. The van der Waals surface area contributed by atoms with E-state index in [1.54, 1.807) is 72.8 Å². The summed E-state index contributed by atoms with van der Waals surface area (Å²) in [6.07, 6.45) is 1.41. The van der Waals surface area contributed by atoms with Crippen LogP contribution in [0.2, 0.25) is 0 Å². The lowest BCUT2D eigenvalue weighted by atomic mass is 10.1. The molecule has 0 aliphatic heterocycles. The van der Waals surface area contributed by atoms with Crippen molar-refractivity contribution in [2.75, 3.05) is 16.4 Å². The van der Waals surface area contributed by atoms with Gasteiger partial charge in [-0.05, 0) is 66.2 Å². The molecule has 0 unspecified atom stereocenters. The summed E-state index contributed by atoms with van der Waals surface area (Å²) in [4.78, 5) is 61.4. The molecule has 0 radical (unpaired) electrons. The molecular weight excluding hydrogens is 570 g/mol. The minimum absolute atomic E-state index is 0.0168. The van der Waals surface area contributed by atoms with Gasteiger partial charge in [0, 0.05) is 28.3 Å². The van der Waals surface area contributed by atoms with Crippen molar-refractivity contribution >= 4 is 58.5 Å². The monoisotopic (exact) mass is 595 g/mol. The maximum Gasteiger partial charge on any atom is 0.272 e. The zero-order valence-electron chi connectivity index (χ0n) is 22.5. The van der Waals surface area contributed by atoms with E-state index in [0.717, 1.165) is 0 Å². The van der Waals surface area contributed by atoms with Crippen molar-refractivity contribution in [3.63, 3.8) is 0 Å². The summed E-state index contributed by atoms with van der Waals surface area (Å²) in [7, 11) is 0. The quantitative estimate of drug-likeness (QED) is 0.0831. The van der Waals surface area contributed by atoms with Crippen LogP contribution < -0.4 is 21.7 Å². The van der Waals surface area contributed by atoms with E-state index in [9.17, 15) is 29.3 Å². The molecule has 4 aromatic rings. The van der Waals surface area contributed by atoms with Gasteiger partial charge in [-0.15, -0.1) is 11.8 Å². The summed E-state index contributed by atoms with van der Waals surface area (Å²) in [6.45, 7) is 0. The summed E-state index contributed by atoms with van der Waals surface area (Å²) >= 11 is 1.21. The van der Waals surface area contributed by atoms with Crippen LogP contribution in [0.15, 0.2) is 114 Å². The number of benzene rings is 4. The predicted octanol–water partition coefficient (Wildman–Crippen LogP) is 4.83. The number of nitrogens with one attached hydrogen (secondary N) is 3. The third kappa shape index (κ3) is 8.62. The van der Waals surface area contributed by atoms with Gasteiger partial charge in [-0.2, -0.15) is 0 Å². The number of rotatable bonds is 11. The number of hydrogen-bond donors (Lipinski definition) is 4. The molecule has 0 aliphatic rings. The number of primary amides is 1. The van der Waals surface area contributed by atoms with Crippen LogP contribution in [0, 0.1) is 10.1 Å². The maximum atomic E-state index is 13.3. The smallest absolute Gasteiger partial charge is 0.272 e. The summed E-state index contributed by atoms with van der Waals surface area (Å²) in [5.41, 5.74) is 6.86. The number of nitrogens with zero attached hydrogens (tertiary/aromatic N) is 1. The van der Waals surface area contributed by atoms with Crippen LogP contribution in [0.1, 0.15) is 26.3 Å². The molecule has 0 saturated heterocycles. The largest absolute Gasteiger partial charge is 0.366 e. The van der Waals surface area contributed by atoms with Gasteiger partial charge < -0.3 is 21.7 Å². The Kier molecular flexibility index (Phi) is 10.0. The molecule has 0 spiro atoms. The molecule has 4 rings (SSSR count). The van der Waals surface area contributed by atoms with Crippen LogP contribution in [-0.4, -0.2) is 34.3 Å². The highest BCUT2D eigenvalue weighted by Crippen LogP contribution is 2.23. The number of nitro benzene ring substituents is 1. The Labute approximate surface area is 250 Å². The average Bonchev–Trinajstić information content (AvgIpc) is 3.00. The van der Waals surface area contributed by atoms with E-state index < -0.39 is 22.6 Å². The van der Waals surface area contributed by atoms with E-state index in [1.165, 1.54) is 48.2 Å². The van der Waals surface area contributed by atoms with E-state index in [-0.39, 0.29) is 28.6 Å². The van der Waals surface area contributed by atoms with E-state index >= 15 is 0 Å². The number of carbonyl (C=O) groups is 4. The first-order valence-corrected chi connectivity index (χ1v) is 13.7. The van der Waals surface area contributed by atoms with Gasteiger partial charge in [0.15, 0.2) is 0 Å². The molecule has 0 fully saturated rings. The van der Waals surface area contributed by atoms with Crippen molar-refractivity contribution in [1.29, 1.82) is 0 Å². The predicted molar refractivity (Wildman–Crippen MR) is 164 cm³/mol. The Morgan fingerprint density at radius 1 is 0.837 bits per heavy atom. The molecule has 0 atom stereocenters. The number of amides is 4. The SMILES string of the molecule is NC(=O)c1ccccc1NC(=O)CSc1cccc(NC(=O)/C(=C\c2ccc([N+](=O)[O-])cc2)NC(=O)c2ccccc2)c1. The number of non-ortho nitro benzene ring substituents is 1. The zero-order valence-corrected chi connectivity index (χ0v) is 23.3. The van der Waals surface area contributed by atoms with Crippen molar-refractivity contribution in [3.05, 3.63) is 136 Å². The minimum Gasteiger partial charge on any atom is -0.366 e. The highest BCUT2D eigenvalue weighted by Gasteiger charge is 2.16. The standard InChI is InChI=1S/C31H25N5O6S/c32-29(38)25-11-4-5-12-26(25)34-28(37)19-43-24-10-6-9-22(18-24)33-31(40)27(35-30(39)21-7-2-1-3-8-21)17-20-13-15-23(16-14-20)36(41)42/h1-18H,19H2,(H2,32,38)(H,33,40)(H,34,37)(H,35,39)/b27-17+. The molecule has 11 nitrogen and oxygen atoms in total. The van der Waals surface area contributed by atoms with E-state index in [0.29, 0.717) is 27.4 Å². The number of carbonyl (C=O) groups excluding carboxylic acids is 4. The Hall–Kier alpha value is -5.75. The van der Waals surface area contributed by atoms with Gasteiger partial charge in [0.2, 0.25) is 5.91 Å². The molecule has 4 amide bonds. The molecule has 5 N–H and O–H groups in total. The fourth-order valence-corrected chi connectivity index (χ4v) is 4.56. The first-order valence-electron chi connectivity index (χ1n) is 12.7. The number of nitro groups is 1. The molecule has 4 aromatic carbocycles. The second kappa shape index (κ2) is 14.2. The Morgan fingerprint density at radius 2 is 1.53 bits per heavy atom. The number of anilines is 2.